The minimum absolute atomic E-state index is 0.0257. The van der Waals surface area contributed by atoms with Gasteiger partial charge in [-0.05, 0) is 22.4 Å². The first kappa shape index (κ1) is 11.1. The van der Waals surface area contributed by atoms with Crippen LogP contribution >= 0.6 is 0 Å². The molecule has 7 heteroatoms. The fourth-order valence-electron chi connectivity index (χ4n) is 1.27. The van der Waals surface area contributed by atoms with Crippen LogP contribution in [0.3, 0.4) is 0 Å². The smallest absolute Gasteiger partial charge is 0.373 e. The van der Waals surface area contributed by atoms with Gasteiger partial charge in [0.2, 0.25) is 0 Å². The van der Waals surface area contributed by atoms with Crippen LogP contribution in [-0.2, 0) is 6.42 Å². The average Bonchev–Trinajstić information content (AvgIpc) is 2.83. The summed E-state index contributed by atoms with van der Waals surface area (Å²) in [7, 11) is 0. The summed E-state index contributed by atoms with van der Waals surface area (Å²) in [5.41, 5.74) is 1.15. The Balaban J connectivity index is 1.70. The summed E-state index contributed by atoms with van der Waals surface area (Å²) < 4.78 is 4.75. The van der Waals surface area contributed by atoms with Gasteiger partial charge in [-0.25, -0.2) is 9.89 Å². The van der Waals surface area contributed by atoms with E-state index in [2.05, 4.69) is 25.9 Å². The van der Waals surface area contributed by atoms with Gasteiger partial charge in [-0.15, -0.1) is 0 Å². The molecular weight excluding hydrogens is 222 g/mol. The topological polar surface area (TPSA) is 92.8 Å². The number of rotatable bonds is 4. The van der Waals surface area contributed by atoms with E-state index in [0.717, 1.165) is 12.0 Å². The van der Waals surface area contributed by atoms with Gasteiger partial charge < -0.3 is 10.1 Å². The summed E-state index contributed by atoms with van der Waals surface area (Å²) in [6.45, 7) is 0.490. The van der Waals surface area contributed by atoms with Crippen molar-refractivity contribution < 1.29 is 9.53 Å². The number of aromatic amines is 1. The molecule has 0 aliphatic heterocycles. The highest BCUT2D eigenvalue weighted by molar-refractivity contribution is 5.69. The first-order chi connectivity index (χ1) is 8.34. The van der Waals surface area contributed by atoms with E-state index >= 15 is 0 Å². The molecule has 0 aliphatic rings. The van der Waals surface area contributed by atoms with Crippen molar-refractivity contribution in [3.8, 4) is 6.01 Å². The number of ether oxygens (including phenoxy) is 1. The predicted molar refractivity (Wildman–Crippen MR) is 58.4 cm³/mol. The Morgan fingerprint density at radius 2 is 2.18 bits per heavy atom. The second-order valence-corrected chi connectivity index (χ2v) is 3.26. The summed E-state index contributed by atoms with van der Waals surface area (Å²) in [5, 5.41) is 14.9. The van der Waals surface area contributed by atoms with E-state index in [1.54, 1.807) is 0 Å². The number of amides is 1. The molecule has 0 unspecified atom stereocenters. The first-order valence-corrected chi connectivity index (χ1v) is 5.08. The number of hydrogen-bond donors (Lipinski definition) is 2. The molecule has 1 amide bonds. The monoisotopic (exact) mass is 233 g/mol. The van der Waals surface area contributed by atoms with E-state index in [1.807, 2.05) is 30.3 Å². The summed E-state index contributed by atoms with van der Waals surface area (Å²) in [6, 6.07) is 9.81. The second-order valence-electron chi connectivity index (χ2n) is 3.26. The SMILES string of the molecule is O=C(NCCc1ccccc1)Oc1nnn[nH]1. The van der Waals surface area contributed by atoms with Gasteiger partial charge in [-0.3, -0.25) is 0 Å². The van der Waals surface area contributed by atoms with Gasteiger partial charge in [-0.2, -0.15) is 0 Å². The molecule has 0 atom stereocenters. The molecule has 1 aromatic heterocycles. The van der Waals surface area contributed by atoms with E-state index in [-0.39, 0.29) is 6.01 Å². The third-order valence-electron chi connectivity index (χ3n) is 2.04. The van der Waals surface area contributed by atoms with Crippen LogP contribution in [0, 0.1) is 0 Å². The molecule has 17 heavy (non-hydrogen) atoms. The molecule has 0 aliphatic carbocycles. The molecule has 0 saturated carbocycles. The Bertz CT molecular complexity index is 457. The number of hydrogen-bond acceptors (Lipinski definition) is 5. The number of tetrazole rings is 1. The van der Waals surface area contributed by atoms with Gasteiger partial charge in [-0.1, -0.05) is 35.4 Å². The van der Waals surface area contributed by atoms with Crippen LogP contribution in [0.4, 0.5) is 4.79 Å². The van der Waals surface area contributed by atoms with Crippen molar-refractivity contribution >= 4 is 6.09 Å². The first-order valence-electron chi connectivity index (χ1n) is 5.08. The molecule has 0 bridgehead atoms. The molecule has 0 fully saturated rings. The number of aromatic nitrogens is 4. The maximum Gasteiger partial charge on any atom is 0.415 e. The number of carbonyl (C=O) groups is 1. The van der Waals surface area contributed by atoms with Gasteiger partial charge in [0.25, 0.3) is 0 Å². The van der Waals surface area contributed by atoms with Gasteiger partial charge in [0, 0.05) is 6.54 Å². The van der Waals surface area contributed by atoms with Crippen LogP contribution in [0.25, 0.3) is 0 Å². The second kappa shape index (κ2) is 5.59. The molecule has 7 nitrogen and oxygen atoms in total. The van der Waals surface area contributed by atoms with Crippen LogP contribution in [0.1, 0.15) is 5.56 Å². The summed E-state index contributed by atoms with van der Waals surface area (Å²) in [5.74, 6) is 0. The predicted octanol–water partition coefficient (Wildman–Crippen LogP) is 0.531. The number of nitrogens with zero attached hydrogens (tertiary/aromatic N) is 3. The fraction of sp³-hybridized carbons (Fsp3) is 0.200. The van der Waals surface area contributed by atoms with Crippen molar-refractivity contribution in [3.63, 3.8) is 0 Å². The van der Waals surface area contributed by atoms with Gasteiger partial charge >= 0.3 is 12.1 Å². The fourth-order valence-corrected chi connectivity index (χ4v) is 1.27. The Labute approximate surface area is 97.2 Å². The number of benzene rings is 1. The molecule has 0 radical (unpaired) electrons. The van der Waals surface area contributed by atoms with Gasteiger partial charge in [0.05, 0.1) is 0 Å². The van der Waals surface area contributed by atoms with Crippen molar-refractivity contribution in [2.75, 3.05) is 6.54 Å². The molecule has 2 aromatic rings. The summed E-state index contributed by atoms with van der Waals surface area (Å²) >= 11 is 0. The lowest BCUT2D eigenvalue weighted by atomic mass is 10.1. The quantitative estimate of drug-likeness (QED) is 0.803. The van der Waals surface area contributed by atoms with Crippen LogP contribution in [0.15, 0.2) is 30.3 Å². The zero-order valence-corrected chi connectivity index (χ0v) is 8.96. The Morgan fingerprint density at radius 3 is 2.88 bits per heavy atom. The highest BCUT2D eigenvalue weighted by Gasteiger charge is 2.05. The third-order valence-corrected chi connectivity index (χ3v) is 2.04. The third kappa shape index (κ3) is 3.56. The molecule has 2 rings (SSSR count). The molecule has 0 spiro atoms. The summed E-state index contributed by atoms with van der Waals surface area (Å²) in [4.78, 5) is 11.3. The van der Waals surface area contributed by atoms with Crippen molar-refractivity contribution in [1.82, 2.24) is 25.9 Å². The molecule has 1 aromatic carbocycles. The standard InChI is InChI=1S/C10H11N5O2/c16-10(17-9-12-14-15-13-9)11-7-6-8-4-2-1-3-5-8/h1-5H,6-7H2,(H,11,16)(H,12,13,14,15). The minimum Gasteiger partial charge on any atom is -0.373 e. The zero-order chi connectivity index (χ0) is 11.9. The van der Waals surface area contributed by atoms with Crippen molar-refractivity contribution in [1.29, 1.82) is 0 Å². The molecule has 0 saturated heterocycles. The van der Waals surface area contributed by atoms with Gasteiger partial charge in [0.15, 0.2) is 0 Å². The van der Waals surface area contributed by atoms with E-state index < -0.39 is 6.09 Å². The largest absolute Gasteiger partial charge is 0.415 e. The van der Waals surface area contributed by atoms with E-state index in [4.69, 9.17) is 4.74 Å². The number of nitrogens with one attached hydrogen (secondary N) is 2. The van der Waals surface area contributed by atoms with Crippen molar-refractivity contribution in [3.05, 3.63) is 35.9 Å². The maximum absolute atomic E-state index is 11.3. The molecule has 88 valence electrons. The average molecular weight is 233 g/mol. The number of carbonyl (C=O) groups excluding carboxylic acids is 1. The van der Waals surface area contributed by atoms with Crippen LogP contribution in [-0.4, -0.2) is 33.3 Å². The van der Waals surface area contributed by atoms with E-state index in [0.29, 0.717) is 6.54 Å². The Kier molecular flexibility index (Phi) is 3.64. The lowest BCUT2D eigenvalue weighted by molar-refractivity contribution is 0.196. The normalized spacial score (nSPS) is 9.88. The highest BCUT2D eigenvalue weighted by Crippen LogP contribution is 1.98. The molecule has 1 heterocycles. The molecule has 2 N–H and O–H groups in total. The maximum atomic E-state index is 11.3. The van der Waals surface area contributed by atoms with Crippen LogP contribution in [0.2, 0.25) is 0 Å². The number of H-pyrrole nitrogens is 1. The van der Waals surface area contributed by atoms with Crippen molar-refractivity contribution in [2.45, 2.75) is 6.42 Å². The zero-order valence-electron chi connectivity index (χ0n) is 8.96. The Hall–Kier alpha value is -2.44. The summed E-state index contributed by atoms with van der Waals surface area (Å²) in [6.07, 6.45) is 0.157. The lowest BCUT2D eigenvalue weighted by Gasteiger charge is -2.03. The van der Waals surface area contributed by atoms with Gasteiger partial charge in [0.1, 0.15) is 0 Å². The molecular formula is C10H11N5O2. The van der Waals surface area contributed by atoms with Crippen LogP contribution in [0.5, 0.6) is 6.01 Å². The van der Waals surface area contributed by atoms with Crippen molar-refractivity contribution in [2.24, 2.45) is 0 Å². The Morgan fingerprint density at radius 1 is 1.35 bits per heavy atom. The minimum atomic E-state index is -0.584. The highest BCUT2D eigenvalue weighted by atomic mass is 16.6. The van der Waals surface area contributed by atoms with E-state index in [9.17, 15) is 4.79 Å². The lowest BCUT2D eigenvalue weighted by Crippen LogP contribution is -2.29. The van der Waals surface area contributed by atoms with E-state index in [1.165, 1.54) is 0 Å². The van der Waals surface area contributed by atoms with Crippen LogP contribution < -0.4 is 10.1 Å².